The third-order valence-electron chi connectivity index (χ3n) is 1.79. The van der Waals surface area contributed by atoms with Gasteiger partial charge < -0.3 is 4.90 Å². The van der Waals surface area contributed by atoms with Crippen molar-refractivity contribution in [2.75, 3.05) is 26.2 Å². The first-order valence-corrected chi connectivity index (χ1v) is 4.10. The number of rotatable bonds is 3. The van der Waals surface area contributed by atoms with E-state index in [2.05, 4.69) is 27.3 Å². The van der Waals surface area contributed by atoms with Crippen molar-refractivity contribution in [2.24, 2.45) is 4.99 Å². The van der Waals surface area contributed by atoms with Crippen LogP contribution >= 0.6 is 12.2 Å². The Hall–Kier alpha value is -0.240. The summed E-state index contributed by atoms with van der Waals surface area (Å²) in [6.45, 7) is 4.37. The Bertz CT molecular complexity index is 135. The Morgan fingerprint density at radius 2 is 2.10 bits per heavy atom. The number of hydrogen-bond donors (Lipinski definition) is 0. The highest BCUT2D eigenvalue weighted by atomic mass is 32.1. The molecule has 1 saturated heterocycles. The van der Waals surface area contributed by atoms with Crippen molar-refractivity contribution in [1.29, 1.82) is 0 Å². The number of nitrogens with zero attached hydrogens (tertiary/aromatic N) is 2. The highest BCUT2D eigenvalue weighted by Crippen LogP contribution is 2.05. The molecule has 0 aromatic carbocycles. The largest absolute Gasteiger partial charge is 0.301 e. The summed E-state index contributed by atoms with van der Waals surface area (Å²) < 4.78 is 0. The minimum absolute atomic E-state index is 0.823. The monoisotopic (exact) mass is 156 g/mol. The van der Waals surface area contributed by atoms with Crippen molar-refractivity contribution < 1.29 is 0 Å². The molecule has 0 N–H and O–H groups in total. The lowest BCUT2D eigenvalue weighted by atomic mass is 10.4. The summed E-state index contributed by atoms with van der Waals surface area (Å²) in [6.07, 6.45) is 2.70. The summed E-state index contributed by atoms with van der Waals surface area (Å²) in [6, 6.07) is 0. The molecule has 1 aliphatic rings. The molecule has 3 heteroatoms. The minimum Gasteiger partial charge on any atom is -0.301 e. The van der Waals surface area contributed by atoms with Crippen molar-refractivity contribution in [2.45, 2.75) is 12.8 Å². The van der Waals surface area contributed by atoms with Gasteiger partial charge in [-0.25, -0.2) is 4.99 Å². The summed E-state index contributed by atoms with van der Waals surface area (Å²) in [5, 5.41) is 2.37. The van der Waals surface area contributed by atoms with Crippen LogP contribution in [-0.4, -0.2) is 36.2 Å². The van der Waals surface area contributed by atoms with Gasteiger partial charge in [0.1, 0.15) is 0 Å². The summed E-state index contributed by atoms with van der Waals surface area (Å²) in [7, 11) is 0. The van der Waals surface area contributed by atoms with Crippen LogP contribution in [-0.2, 0) is 0 Å². The van der Waals surface area contributed by atoms with Crippen LogP contribution in [0.25, 0.3) is 0 Å². The van der Waals surface area contributed by atoms with Crippen molar-refractivity contribution in [3.8, 4) is 0 Å². The number of aliphatic imine (C=N–C) groups is 1. The molecule has 10 heavy (non-hydrogen) atoms. The van der Waals surface area contributed by atoms with Crippen LogP contribution in [0.15, 0.2) is 4.99 Å². The molecule has 0 atom stereocenters. The fourth-order valence-corrected chi connectivity index (χ4v) is 1.33. The fourth-order valence-electron chi connectivity index (χ4n) is 1.24. The molecular formula is C7H12N2S. The van der Waals surface area contributed by atoms with E-state index in [9.17, 15) is 0 Å². The smallest absolute Gasteiger partial charge is 0.0620 e. The molecule has 0 amide bonds. The molecule has 0 aliphatic carbocycles. The van der Waals surface area contributed by atoms with Gasteiger partial charge in [0, 0.05) is 6.54 Å². The molecule has 0 spiro atoms. The van der Waals surface area contributed by atoms with Gasteiger partial charge in [0.25, 0.3) is 0 Å². The average molecular weight is 156 g/mol. The van der Waals surface area contributed by atoms with Crippen LogP contribution in [0.4, 0.5) is 0 Å². The van der Waals surface area contributed by atoms with Crippen molar-refractivity contribution in [3.63, 3.8) is 0 Å². The van der Waals surface area contributed by atoms with Gasteiger partial charge in [0.15, 0.2) is 0 Å². The van der Waals surface area contributed by atoms with Crippen molar-refractivity contribution in [3.05, 3.63) is 0 Å². The molecule has 56 valence electrons. The van der Waals surface area contributed by atoms with Gasteiger partial charge in [-0.15, -0.1) is 0 Å². The van der Waals surface area contributed by atoms with E-state index in [0.717, 1.165) is 13.1 Å². The van der Waals surface area contributed by atoms with Gasteiger partial charge in [-0.1, -0.05) is 0 Å². The van der Waals surface area contributed by atoms with Gasteiger partial charge in [-0.2, -0.15) is 0 Å². The molecule has 0 aromatic heterocycles. The van der Waals surface area contributed by atoms with Crippen LogP contribution in [0.1, 0.15) is 12.8 Å². The van der Waals surface area contributed by atoms with E-state index >= 15 is 0 Å². The highest BCUT2D eigenvalue weighted by Gasteiger charge is 2.09. The van der Waals surface area contributed by atoms with E-state index in [0.29, 0.717) is 0 Å². The first-order valence-electron chi connectivity index (χ1n) is 3.69. The lowest BCUT2D eigenvalue weighted by Gasteiger charge is -2.10. The summed E-state index contributed by atoms with van der Waals surface area (Å²) in [4.78, 5) is 6.27. The van der Waals surface area contributed by atoms with Gasteiger partial charge >= 0.3 is 0 Å². The van der Waals surface area contributed by atoms with Gasteiger partial charge in [-0.05, 0) is 38.1 Å². The Balaban J connectivity index is 2.06. The SMILES string of the molecule is S=C=NCCN1CCCC1. The standard InChI is InChI=1S/C7H12N2S/c10-7-8-3-6-9-4-1-2-5-9/h1-6H2. The van der Waals surface area contributed by atoms with Gasteiger partial charge in [0.2, 0.25) is 0 Å². The maximum absolute atomic E-state index is 4.46. The zero-order valence-corrected chi connectivity index (χ0v) is 6.86. The highest BCUT2D eigenvalue weighted by molar-refractivity contribution is 7.78. The van der Waals surface area contributed by atoms with Crippen LogP contribution in [0, 0.1) is 0 Å². The third-order valence-corrected chi connectivity index (χ3v) is 1.92. The van der Waals surface area contributed by atoms with Gasteiger partial charge in [-0.3, -0.25) is 0 Å². The van der Waals surface area contributed by atoms with E-state index in [1.165, 1.54) is 25.9 Å². The second-order valence-corrected chi connectivity index (χ2v) is 2.70. The van der Waals surface area contributed by atoms with E-state index in [1.807, 2.05) is 0 Å². The normalized spacial score (nSPS) is 18.8. The fraction of sp³-hybridized carbons (Fsp3) is 0.857. The first-order chi connectivity index (χ1) is 4.93. The molecule has 0 unspecified atom stereocenters. The van der Waals surface area contributed by atoms with E-state index < -0.39 is 0 Å². The summed E-state index contributed by atoms with van der Waals surface area (Å²) in [5.41, 5.74) is 0. The molecule has 1 fully saturated rings. The van der Waals surface area contributed by atoms with Crippen LogP contribution < -0.4 is 0 Å². The number of thiocarbonyl (C=S) groups is 1. The van der Waals surface area contributed by atoms with Gasteiger partial charge in [0.05, 0.1) is 11.7 Å². The molecule has 0 radical (unpaired) electrons. The number of isothiocyanates is 1. The second-order valence-electron chi connectivity index (χ2n) is 2.52. The number of hydrogen-bond acceptors (Lipinski definition) is 3. The predicted octanol–water partition coefficient (Wildman–Crippen LogP) is 1.19. The van der Waals surface area contributed by atoms with Crippen LogP contribution in [0.2, 0.25) is 0 Å². The zero-order chi connectivity index (χ0) is 7.23. The topological polar surface area (TPSA) is 15.6 Å². The molecule has 0 aromatic rings. The lowest BCUT2D eigenvalue weighted by molar-refractivity contribution is 0.349. The Kier molecular flexibility index (Phi) is 3.58. The number of likely N-dealkylation sites (tertiary alicyclic amines) is 1. The molecular weight excluding hydrogens is 144 g/mol. The Morgan fingerprint density at radius 3 is 2.70 bits per heavy atom. The molecule has 2 nitrogen and oxygen atoms in total. The maximum atomic E-state index is 4.46. The molecule has 0 saturated carbocycles. The molecule has 0 bridgehead atoms. The van der Waals surface area contributed by atoms with E-state index in [-0.39, 0.29) is 0 Å². The molecule has 1 rings (SSSR count). The minimum atomic E-state index is 0.823. The summed E-state index contributed by atoms with van der Waals surface area (Å²) in [5.74, 6) is 0. The van der Waals surface area contributed by atoms with E-state index in [4.69, 9.17) is 0 Å². The Morgan fingerprint density at radius 1 is 1.40 bits per heavy atom. The van der Waals surface area contributed by atoms with Crippen molar-refractivity contribution in [1.82, 2.24) is 4.90 Å². The van der Waals surface area contributed by atoms with E-state index in [1.54, 1.807) is 0 Å². The molecule has 1 heterocycles. The van der Waals surface area contributed by atoms with Crippen molar-refractivity contribution >= 4 is 17.4 Å². The Labute approximate surface area is 66.9 Å². The molecule has 1 aliphatic heterocycles. The summed E-state index contributed by atoms with van der Waals surface area (Å²) >= 11 is 4.46. The average Bonchev–Trinajstić information content (AvgIpc) is 2.41. The zero-order valence-electron chi connectivity index (χ0n) is 6.05. The first kappa shape index (κ1) is 7.86. The van der Waals surface area contributed by atoms with Crippen LogP contribution in [0.5, 0.6) is 0 Å². The second kappa shape index (κ2) is 4.56. The van der Waals surface area contributed by atoms with Crippen LogP contribution in [0.3, 0.4) is 0 Å². The maximum Gasteiger partial charge on any atom is 0.0620 e. The third kappa shape index (κ3) is 2.56. The quantitative estimate of drug-likeness (QED) is 0.450. The predicted molar refractivity (Wildman–Crippen MR) is 45.6 cm³/mol. The lowest BCUT2D eigenvalue weighted by Crippen LogP contribution is -2.22.